The standard InChI is InChI=1S/C18H22ClN5O/c1-11-8-15(6-7-20-11)21-17-9-16(19)22-18(23-17)14-5-4-12(2)24(10-14)13(3)25/h6-9,12,14H,4-5,10H2,1-3H3,(H,20,21,22,23)/t12-,14+/m0/s1. The van der Waals surface area contributed by atoms with Crippen molar-refractivity contribution in [3.63, 3.8) is 0 Å². The minimum atomic E-state index is 0.0878. The molecule has 0 spiro atoms. The summed E-state index contributed by atoms with van der Waals surface area (Å²) in [5.41, 5.74) is 1.82. The second kappa shape index (κ2) is 7.35. The van der Waals surface area contributed by atoms with Gasteiger partial charge in [0.05, 0.1) is 0 Å². The van der Waals surface area contributed by atoms with Gasteiger partial charge in [0.15, 0.2) is 0 Å². The van der Waals surface area contributed by atoms with Crippen LogP contribution >= 0.6 is 11.6 Å². The Hall–Kier alpha value is -2.21. The van der Waals surface area contributed by atoms with Crippen molar-refractivity contribution in [2.24, 2.45) is 0 Å². The predicted octanol–water partition coefficient (Wildman–Crippen LogP) is 3.69. The molecule has 1 amide bonds. The van der Waals surface area contributed by atoms with Gasteiger partial charge in [0, 0.05) is 49.1 Å². The molecule has 1 N–H and O–H groups in total. The number of aryl methyl sites for hydroxylation is 1. The number of halogens is 1. The van der Waals surface area contributed by atoms with E-state index in [1.807, 2.05) is 24.0 Å². The molecule has 2 atom stereocenters. The lowest BCUT2D eigenvalue weighted by molar-refractivity contribution is -0.132. The zero-order chi connectivity index (χ0) is 18.0. The Balaban J connectivity index is 1.83. The summed E-state index contributed by atoms with van der Waals surface area (Å²) in [5.74, 6) is 1.51. The van der Waals surface area contributed by atoms with Crippen LogP contribution in [-0.4, -0.2) is 38.3 Å². The lowest BCUT2D eigenvalue weighted by atomic mass is 9.92. The van der Waals surface area contributed by atoms with Crippen molar-refractivity contribution in [3.05, 3.63) is 41.1 Å². The molecule has 1 fully saturated rings. The Labute approximate surface area is 152 Å². The maximum atomic E-state index is 11.8. The van der Waals surface area contributed by atoms with Gasteiger partial charge in [-0.3, -0.25) is 9.78 Å². The summed E-state index contributed by atoms with van der Waals surface area (Å²) in [7, 11) is 0. The van der Waals surface area contributed by atoms with Crippen LogP contribution in [0.15, 0.2) is 24.4 Å². The molecular formula is C18H22ClN5O. The number of likely N-dealkylation sites (tertiary alicyclic amines) is 1. The molecule has 3 rings (SSSR count). The number of carbonyl (C=O) groups is 1. The average molecular weight is 360 g/mol. The molecule has 1 aliphatic heterocycles. The number of nitrogens with one attached hydrogen (secondary N) is 1. The number of nitrogens with zero attached hydrogens (tertiary/aromatic N) is 4. The Morgan fingerprint density at radius 1 is 1.32 bits per heavy atom. The molecule has 0 aromatic carbocycles. The first-order valence-corrected chi connectivity index (χ1v) is 8.81. The molecule has 0 radical (unpaired) electrons. The Kier molecular flexibility index (Phi) is 5.18. The Morgan fingerprint density at radius 3 is 2.84 bits per heavy atom. The van der Waals surface area contributed by atoms with E-state index in [2.05, 4.69) is 27.2 Å². The van der Waals surface area contributed by atoms with Crippen LogP contribution in [0.3, 0.4) is 0 Å². The van der Waals surface area contributed by atoms with Gasteiger partial charge in [-0.25, -0.2) is 9.97 Å². The van der Waals surface area contributed by atoms with Crippen molar-refractivity contribution < 1.29 is 4.79 Å². The first-order chi connectivity index (χ1) is 11.9. The van der Waals surface area contributed by atoms with Gasteiger partial charge in [0.2, 0.25) is 5.91 Å². The van der Waals surface area contributed by atoms with Crippen molar-refractivity contribution in [2.45, 2.75) is 45.6 Å². The molecule has 1 aliphatic rings. The van der Waals surface area contributed by atoms with Gasteiger partial charge >= 0.3 is 0 Å². The highest BCUT2D eigenvalue weighted by atomic mass is 35.5. The molecule has 132 valence electrons. The molecular weight excluding hydrogens is 338 g/mol. The third-order valence-electron chi connectivity index (χ3n) is 4.53. The molecule has 6 nitrogen and oxygen atoms in total. The molecule has 2 aromatic heterocycles. The van der Waals surface area contributed by atoms with Crippen LogP contribution in [0.2, 0.25) is 5.15 Å². The fraction of sp³-hybridized carbons (Fsp3) is 0.444. The minimum absolute atomic E-state index is 0.0878. The van der Waals surface area contributed by atoms with E-state index >= 15 is 0 Å². The summed E-state index contributed by atoms with van der Waals surface area (Å²) in [6.45, 7) is 6.25. The SMILES string of the molecule is CC(=O)N1C[C@H](c2nc(Cl)cc(Nc3ccnc(C)c3)n2)CC[C@@H]1C. The van der Waals surface area contributed by atoms with Gasteiger partial charge in [0.1, 0.15) is 16.8 Å². The van der Waals surface area contributed by atoms with Crippen molar-refractivity contribution in [3.8, 4) is 0 Å². The van der Waals surface area contributed by atoms with Gasteiger partial charge in [-0.2, -0.15) is 0 Å². The number of carbonyl (C=O) groups excluding carboxylic acids is 1. The number of anilines is 2. The van der Waals surface area contributed by atoms with E-state index in [1.165, 1.54) is 0 Å². The second-order valence-electron chi connectivity index (χ2n) is 6.54. The van der Waals surface area contributed by atoms with Gasteiger partial charge in [0.25, 0.3) is 0 Å². The summed E-state index contributed by atoms with van der Waals surface area (Å²) >= 11 is 6.21. The molecule has 7 heteroatoms. The zero-order valence-electron chi connectivity index (χ0n) is 14.7. The largest absolute Gasteiger partial charge is 0.340 e. The van der Waals surface area contributed by atoms with E-state index in [-0.39, 0.29) is 17.9 Å². The second-order valence-corrected chi connectivity index (χ2v) is 6.93. The van der Waals surface area contributed by atoms with Gasteiger partial charge in [-0.05, 0) is 38.8 Å². The van der Waals surface area contributed by atoms with Crippen molar-refractivity contribution in [2.75, 3.05) is 11.9 Å². The van der Waals surface area contributed by atoms with Crippen LogP contribution in [0.1, 0.15) is 44.1 Å². The summed E-state index contributed by atoms with van der Waals surface area (Å²) < 4.78 is 0. The number of piperidine rings is 1. The van der Waals surface area contributed by atoms with Crippen molar-refractivity contribution in [1.29, 1.82) is 0 Å². The first kappa shape index (κ1) is 17.6. The van der Waals surface area contributed by atoms with E-state index in [1.54, 1.807) is 19.2 Å². The first-order valence-electron chi connectivity index (χ1n) is 8.43. The van der Waals surface area contributed by atoms with Crippen molar-refractivity contribution in [1.82, 2.24) is 19.9 Å². The third-order valence-corrected chi connectivity index (χ3v) is 4.73. The number of hydrogen-bond donors (Lipinski definition) is 1. The van der Waals surface area contributed by atoms with Crippen LogP contribution in [0.5, 0.6) is 0 Å². The van der Waals surface area contributed by atoms with Crippen LogP contribution in [-0.2, 0) is 4.79 Å². The molecule has 0 aliphatic carbocycles. The molecule has 0 bridgehead atoms. The third kappa shape index (κ3) is 4.25. The smallest absolute Gasteiger partial charge is 0.219 e. The fourth-order valence-corrected chi connectivity index (χ4v) is 3.40. The van der Waals surface area contributed by atoms with E-state index in [0.29, 0.717) is 23.3 Å². The van der Waals surface area contributed by atoms with Gasteiger partial charge < -0.3 is 10.2 Å². The number of amides is 1. The number of pyridine rings is 1. The van der Waals surface area contributed by atoms with E-state index in [9.17, 15) is 4.79 Å². The monoisotopic (exact) mass is 359 g/mol. The van der Waals surface area contributed by atoms with E-state index in [4.69, 9.17) is 11.6 Å². The highest BCUT2D eigenvalue weighted by Crippen LogP contribution is 2.30. The fourth-order valence-electron chi connectivity index (χ4n) is 3.21. The average Bonchev–Trinajstić information content (AvgIpc) is 2.54. The number of aromatic nitrogens is 3. The Morgan fingerprint density at radius 2 is 2.12 bits per heavy atom. The molecule has 1 saturated heterocycles. The Bertz CT molecular complexity index is 782. The maximum Gasteiger partial charge on any atom is 0.219 e. The lowest BCUT2D eigenvalue weighted by Crippen LogP contribution is -2.44. The summed E-state index contributed by atoms with van der Waals surface area (Å²) in [6, 6.07) is 5.78. The number of rotatable bonds is 3. The van der Waals surface area contributed by atoms with Crippen LogP contribution in [0.4, 0.5) is 11.5 Å². The van der Waals surface area contributed by atoms with Crippen LogP contribution < -0.4 is 5.32 Å². The minimum Gasteiger partial charge on any atom is -0.340 e. The van der Waals surface area contributed by atoms with Gasteiger partial charge in [-0.15, -0.1) is 0 Å². The van der Waals surface area contributed by atoms with Gasteiger partial charge in [-0.1, -0.05) is 11.6 Å². The summed E-state index contributed by atoms with van der Waals surface area (Å²) in [6.07, 6.45) is 3.63. The molecule has 0 unspecified atom stereocenters. The predicted molar refractivity (Wildman–Crippen MR) is 98.1 cm³/mol. The normalized spacial score (nSPS) is 20.4. The lowest BCUT2D eigenvalue weighted by Gasteiger charge is -2.36. The van der Waals surface area contributed by atoms with Crippen LogP contribution in [0, 0.1) is 6.92 Å². The molecule has 2 aromatic rings. The molecule has 25 heavy (non-hydrogen) atoms. The molecule has 0 saturated carbocycles. The summed E-state index contributed by atoms with van der Waals surface area (Å²) in [5, 5.41) is 3.65. The topological polar surface area (TPSA) is 71.0 Å². The highest BCUT2D eigenvalue weighted by molar-refractivity contribution is 6.29. The van der Waals surface area contributed by atoms with E-state index in [0.717, 1.165) is 24.2 Å². The summed E-state index contributed by atoms with van der Waals surface area (Å²) in [4.78, 5) is 26.9. The quantitative estimate of drug-likeness (QED) is 0.846. The highest BCUT2D eigenvalue weighted by Gasteiger charge is 2.29. The van der Waals surface area contributed by atoms with E-state index < -0.39 is 0 Å². The zero-order valence-corrected chi connectivity index (χ0v) is 15.4. The maximum absolute atomic E-state index is 11.8. The molecule has 3 heterocycles. The van der Waals surface area contributed by atoms with Crippen molar-refractivity contribution >= 4 is 29.0 Å². The van der Waals surface area contributed by atoms with Crippen LogP contribution in [0.25, 0.3) is 0 Å². The number of hydrogen-bond acceptors (Lipinski definition) is 5.